The van der Waals surface area contributed by atoms with Gasteiger partial charge in [-0.05, 0) is 23.8 Å². The summed E-state index contributed by atoms with van der Waals surface area (Å²) in [6, 6.07) is 3.06. The molecule has 0 fully saturated rings. The number of methoxy groups -OCH3 is 2. The van der Waals surface area contributed by atoms with Gasteiger partial charge in [-0.3, -0.25) is 19.9 Å². The molecule has 0 aliphatic carbocycles. The number of nitrogens with zero attached hydrogens (tertiary/aromatic N) is 1. The molecule has 0 bridgehead atoms. The highest BCUT2D eigenvalue weighted by Gasteiger charge is 2.19. The summed E-state index contributed by atoms with van der Waals surface area (Å²) >= 11 is 3.31. The number of esters is 1. The number of rotatable bonds is 7. The molecule has 0 saturated heterocycles. The van der Waals surface area contributed by atoms with E-state index in [2.05, 4.69) is 25.7 Å². The third-order valence-electron chi connectivity index (χ3n) is 3.41. The third-order valence-corrected chi connectivity index (χ3v) is 4.10. The fraction of sp³-hybridized carbons (Fsp3) is 0.188. The Morgan fingerprint density at radius 2 is 1.93 bits per heavy atom. The number of H-pyrrole nitrogens is 2. The highest BCUT2D eigenvalue weighted by Crippen LogP contribution is 2.34. The zero-order chi connectivity index (χ0) is 20.8. The minimum absolute atomic E-state index is 0.257. The number of nitro groups is 1. The van der Waals surface area contributed by atoms with Crippen molar-refractivity contribution in [2.45, 2.75) is 0 Å². The molecule has 2 N–H and O–H groups in total. The van der Waals surface area contributed by atoms with Gasteiger partial charge in [0.2, 0.25) is 0 Å². The number of carbonyl (C=O) groups is 1. The average Bonchev–Trinajstić information content (AvgIpc) is 2.64. The van der Waals surface area contributed by atoms with E-state index in [-0.39, 0.29) is 23.8 Å². The number of halogens is 1. The van der Waals surface area contributed by atoms with E-state index in [4.69, 9.17) is 9.47 Å². The molecule has 0 amide bonds. The van der Waals surface area contributed by atoms with Crippen LogP contribution < -0.4 is 20.7 Å². The van der Waals surface area contributed by atoms with Crippen LogP contribution in [0.1, 0.15) is 11.3 Å². The summed E-state index contributed by atoms with van der Waals surface area (Å²) in [5, 5.41) is 11.1. The van der Waals surface area contributed by atoms with Crippen molar-refractivity contribution in [2.24, 2.45) is 0 Å². The van der Waals surface area contributed by atoms with Crippen molar-refractivity contribution in [2.75, 3.05) is 20.8 Å². The van der Waals surface area contributed by atoms with Gasteiger partial charge in [-0.15, -0.1) is 0 Å². The van der Waals surface area contributed by atoms with E-state index in [0.29, 0.717) is 10.0 Å². The zero-order valence-corrected chi connectivity index (χ0v) is 16.2. The third kappa shape index (κ3) is 4.85. The molecule has 11 nitrogen and oxygen atoms in total. The predicted molar refractivity (Wildman–Crippen MR) is 101 cm³/mol. The normalized spacial score (nSPS) is 10.7. The van der Waals surface area contributed by atoms with Crippen LogP contribution in [0.4, 0.5) is 5.69 Å². The molecule has 1 heterocycles. The van der Waals surface area contributed by atoms with Crippen LogP contribution in [0, 0.1) is 10.1 Å². The Morgan fingerprint density at radius 3 is 2.54 bits per heavy atom. The molecule has 2 rings (SSSR count). The van der Waals surface area contributed by atoms with Gasteiger partial charge in [0.25, 0.3) is 0 Å². The number of ether oxygens (including phenoxy) is 3. The van der Waals surface area contributed by atoms with E-state index < -0.39 is 27.8 Å². The highest BCUT2D eigenvalue weighted by atomic mass is 79.9. The Morgan fingerprint density at radius 1 is 1.21 bits per heavy atom. The lowest BCUT2D eigenvalue weighted by atomic mass is 10.1. The maximum atomic E-state index is 11.6. The topological polar surface area (TPSA) is 154 Å². The van der Waals surface area contributed by atoms with E-state index >= 15 is 0 Å². The maximum Gasteiger partial charge on any atom is 0.357 e. The molecule has 0 aliphatic heterocycles. The van der Waals surface area contributed by atoms with Gasteiger partial charge in [0, 0.05) is 4.47 Å². The molecule has 0 aliphatic rings. The molecular formula is C16H14BrN3O8. The van der Waals surface area contributed by atoms with E-state index in [0.717, 1.165) is 0 Å². The SMILES string of the molecule is COC(=O)COc1cc(Br)c(/C=C\c2[nH]c(=O)[nH]c(=O)c2[N+](=O)[O-])cc1OC. The van der Waals surface area contributed by atoms with Crippen molar-refractivity contribution in [3.63, 3.8) is 0 Å². The number of aromatic nitrogens is 2. The van der Waals surface area contributed by atoms with Gasteiger partial charge < -0.3 is 19.2 Å². The molecule has 28 heavy (non-hydrogen) atoms. The lowest BCUT2D eigenvalue weighted by Crippen LogP contribution is -2.25. The first kappa shape index (κ1) is 20.9. The Labute approximate surface area is 165 Å². The van der Waals surface area contributed by atoms with Gasteiger partial charge in [-0.1, -0.05) is 22.0 Å². The second-order valence-electron chi connectivity index (χ2n) is 5.15. The van der Waals surface area contributed by atoms with E-state index in [9.17, 15) is 24.5 Å². The minimum atomic E-state index is -1.11. The summed E-state index contributed by atoms with van der Waals surface area (Å²) in [5.41, 5.74) is -2.56. The zero-order valence-electron chi connectivity index (χ0n) is 14.6. The summed E-state index contributed by atoms with van der Waals surface area (Å²) in [7, 11) is 2.62. The average molecular weight is 456 g/mol. The van der Waals surface area contributed by atoms with Crippen LogP contribution in [-0.4, -0.2) is 41.7 Å². The van der Waals surface area contributed by atoms with Crippen LogP contribution in [0.2, 0.25) is 0 Å². The van der Waals surface area contributed by atoms with E-state index in [1.54, 1.807) is 4.98 Å². The number of aromatic amines is 2. The molecule has 12 heteroatoms. The molecule has 1 aromatic carbocycles. The molecule has 0 saturated carbocycles. The van der Waals surface area contributed by atoms with Crippen molar-refractivity contribution in [1.82, 2.24) is 9.97 Å². The summed E-state index contributed by atoms with van der Waals surface area (Å²) < 4.78 is 15.5. The summed E-state index contributed by atoms with van der Waals surface area (Å²) in [4.78, 5) is 48.5. The first-order valence-electron chi connectivity index (χ1n) is 7.53. The van der Waals surface area contributed by atoms with Crippen LogP contribution in [0.3, 0.4) is 0 Å². The van der Waals surface area contributed by atoms with Gasteiger partial charge in [-0.2, -0.15) is 0 Å². The smallest absolute Gasteiger partial charge is 0.357 e. The number of benzene rings is 1. The Balaban J connectivity index is 2.42. The molecular weight excluding hydrogens is 442 g/mol. The summed E-state index contributed by atoms with van der Waals surface area (Å²) in [6.07, 6.45) is 2.64. The number of hydrogen-bond acceptors (Lipinski definition) is 8. The van der Waals surface area contributed by atoms with Crippen LogP contribution in [0.15, 0.2) is 26.2 Å². The van der Waals surface area contributed by atoms with Gasteiger partial charge in [0.15, 0.2) is 18.1 Å². The quantitative estimate of drug-likeness (QED) is 0.361. The minimum Gasteiger partial charge on any atom is -0.493 e. The molecule has 1 aromatic heterocycles. The van der Waals surface area contributed by atoms with Crippen molar-refractivity contribution in [3.05, 3.63) is 58.8 Å². The molecule has 0 atom stereocenters. The second-order valence-corrected chi connectivity index (χ2v) is 6.00. The summed E-state index contributed by atoms with van der Waals surface area (Å²) in [5.74, 6) is -0.0409. The molecule has 2 aromatic rings. The number of nitrogens with one attached hydrogen (secondary N) is 2. The maximum absolute atomic E-state index is 11.6. The van der Waals surface area contributed by atoms with Crippen molar-refractivity contribution in [1.29, 1.82) is 0 Å². The monoisotopic (exact) mass is 455 g/mol. The summed E-state index contributed by atoms with van der Waals surface area (Å²) in [6.45, 7) is -0.325. The van der Waals surface area contributed by atoms with Crippen LogP contribution in [0.5, 0.6) is 11.5 Å². The Hall–Kier alpha value is -3.41. The Kier molecular flexibility index (Phi) is 6.71. The first-order chi connectivity index (χ1) is 13.3. The number of hydrogen-bond donors (Lipinski definition) is 2. The fourth-order valence-corrected chi connectivity index (χ4v) is 2.57. The second kappa shape index (κ2) is 8.99. The standard InChI is InChI=1S/C16H14BrN3O8/c1-26-11-5-8(9(17)6-12(11)28-7-13(21)27-2)3-4-10-14(20(24)25)15(22)19-16(23)18-10/h3-6H,7H2,1-2H3,(H2,18,19,22,23)/b4-3-. The Bertz CT molecular complexity index is 1060. The van der Waals surface area contributed by atoms with Gasteiger partial charge >= 0.3 is 22.9 Å². The van der Waals surface area contributed by atoms with Crippen LogP contribution in [0.25, 0.3) is 12.2 Å². The van der Waals surface area contributed by atoms with Crippen LogP contribution >= 0.6 is 15.9 Å². The van der Waals surface area contributed by atoms with Crippen molar-refractivity contribution in [3.8, 4) is 11.5 Å². The first-order valence-corrected chi connectivity index (χ1v) is 8.32. The van der Waals surface area contributed by atoms with E-state index in [1.165, 1.54) is 38.5 Å². The van der Waals surface area contributed by atoms with Crippen molar-refractivity contribution < 1.29 is 23.9 Å². The molecule has 148 valence electrons. The van der Waals surface area contributed by atoms with Gasteiger partial charge in [-0.25, -0.2) is 9.59 Å². The lowest BCUT2D eigenvalue weighted by molar-refractivity contribution is -0.386. The van der Waals surface area contributed by atoms with E-state index in [1.807, 2.05) is 0 Å². The number of carbonyl (C=O) groups excluding carboxylic acids is 1. The predicted octanol–water partition coefficient (Wildman–Crippen LogP) is 1.46. The molecule has 0 spiro atoms. The van der Waals surface area contributed by atoms with Gasteiger partial charge in [0.1, 0.15) is 5.69 Å². The van der Waals surface area contributed by atoms with Crippen LogP contribution in [-0.2, 0) is 9.53 Å². The molecule has 0 unspecified atom stereocenters. The highest BCUT2D eigenvalue weighted by molar-refractivity contribution is 9.10. The van der Waals surface area contributed by atoms with Crippen molar-refractivity contribution >= 4 is 39.7 Å². The van der Waals surface area contributed by atoms with Gasteiger partial charge in [0.05, 0.1) is 19.1 Å². The molecule has 0 radical (unpaired) electrons. The lowest BCUT2D eigenvalue weighted by Gasteiger charge is -2.12. The fourth-order valence-electron chi connectivity index (χ4n) is 2.12. The largest absolute Gasteiger partial charge is 0.493 e.